The van der Waals surface area contributed by atoms with Gasteiger partial charge in [0.1, 0.15) is 0 Å². The molecule has 0 saturated heterocycles. The molecule has 0 fully saturated rings. The normalized spacial score (nSPS) is 15.1. The Labute approximate surface area is 107 Å². The van der Waals surface area contributed by atoms with E-state index in [2.05, 4.69) is 56.2 Å². The van der Waals surface area contributed by atoms with Crippen LogP contribution in [0.5, 0.6) is 0 Å². The monoisotopic (exact) mass is 262 g/mol. The third-order valence-corrected chi connectivity index (χ3v) is 8.40. The molecule has 1 aliphatic rings. The lowest BCUT2D eigenvalue weighted by Gasteiger charge is -2.22. The van der Waals surface area contributed by atoms with Gasteiger partial charge in [-0.3, -0.25) is 0 Å². The van der Waals surface area contributed by atoms with Crippen LogP contribution in [0.25, 0.3) is 6.08 Å². The SMILES string of the molecule is C[SiH](C)O[Si](C)(C)/C=C/c1ccc2c(c1)CC2. The van der Waals surface area contributed by atoms with Crippen LogP contribution in [-0.2, 0) is 17.0 Å². The highest BCUT2D eigenvalue weighted by Gasteiger charge is 2.19. The molecule has 0 spiro atoms. The maximum absolute atomic E-state index is 6.12. The fraction of sp³-hybridized carbons (Fsp3) is 0.429. The van der Waals surface area contributed by atoms with E-state index in [1.807, 2.05) is 0 Å². The molecular weight excluding hydrogens is 240 g/mol. The van der Waals surface area contributed by atoms with E-state index in [1.165, 1.54) is 29.5 Å². The second kappa shape index (κ2) is 4.92. The van der Waals surface area contributed by atoms with E-state index in [1.54, 1.807) is 0 Å². The van der Waals surface area contributed by atoms with Crippen molar-refractivity contribution in [3.8, 4) is 0 Å². The van der Waals surface area contributed by atoms with E-state index < -0.39 is 17.4 Å². The average molecular weight is 263 g/mol. The van der Waals surface area contributed by atoms with Gasteiger partial charge < -0.3 is 4.12 Å². The number of rotatable bonds is 4. The minimum Gasteiger partial charge on any atom is -0.455 e. The Morgan fingerprint density at radius 2 is 1.88 bits per heavy atom. The van der Waals surface area contributed by atoms with Gasteiger partial charge in [-0.25, -0.2) is 0 Å². The van der Waals surface area contributed by atoms with E-state index in [9.17, 15) is 0 Å². The molecule has 0 atom stereocenters. The standard InChI is InChI=1S/C14H22OSi2/c1-16(2)15-17(3,4)10-9-12-5-6-13-7-8-14(13)11-12/h5-6,9-11,16H,7-8H2,1-4H3/b10-9+. The maximum atomic E-state index is 6.12. The van der Waals surface area contributed by atoms with Gasteiger partial charge in [-0.05, 0) is 55.7 Å². The van der Waals surface area contributed by atoms with Gasteiger partial charge in [0.2, 0.25) is 0 Å². The lowest BCUT2D eigenvalue weighted by atomic mass is 9.87. The predicted octanol–water partition coefficient (Wildman–Crippen LogP) is 3.54. The lowest BCUT2D eigenvalue weighted by molar-refractivity contribution is 0.589. The number of hydrogen-bond donors (Lipinski definition) is 0. The maximum Gasteiger partial charge on any atom is 0.198 e. The molecule has 3 heteroatoms. The van der Waals surface area contributed by atoms with Crippen molar-refractivity contribution in [2.45, 2.75) is 39.0 Å². The van der Waals surface area contributed by atoms with Crippen LogP contribution < -0.4 is 0 Å². The molecule has 0 heterocycles. The van der Waals surface area contributed by atoms with Crippen molar-refractivity contribution in [2.24, 2.45) is 0 Å². The van der Waals surface area contributed by atoms with Crippen LogP contribution in [-0.4, -0.2) is 17.4 Å². The molecule has 0 radical (unpaired) electrons. The van der Waals surface area contributed by atoms with Crippen LogP contribution in [0.15, 0.2) is 23.9 Å². The minimum atomic E-state index is -1.58. The molecule has 1 nitrogen and oxygen atoms in total. The molecular formula is C14H22OSi2. The summed E-state index contributed by atoms with van der Waals surface area (Å²) in [6.45, 7) is 9.04. The van der Waals surface area contributed by atoms with Crippen molar-refractivity contribution in [3.05, 3.63) is 40.6 Å². The highest BCUT2D eigenvalue weighted by Crippen LogP contribution is 2.24. The molecule has 0 bridgehead atoms. The summed E-state index contributed by atoms with van der Waals surface area (Å²) in [6, 6.07) is 6.82. The fourth-order valence-electron chi connectivity index (χ4n) is 2.26. The van der Waals surface area contributed by atoms with E-state index in [-0.39, 0.29) is 0 Å². The van der Waals surface area contributed by atoms with Crippen molar-refractivity contribution < 1.29 is 4.12 Å². The molecule has 0 aliphatic heterocycles. The second-order valence-electron chi connectivity index (χ2n) is 5.63. The highest BCUT2D eigenvalue weighted by atomic mass is 28.4. The zero-order valence-corrected chi connectivity index (χ0v) is 13.4. The third-order valence-electron chi connectivity index (χ3n) is 3.11. The first-order chi connectivity index (χ1) is 7.96. The second-order valence-corrected chi connectivity index (χ2v) is 12.2. The molecule has 1 aliphatic carbocycles. The smallest absolute Gasteiger partial charge is 0.198 e. The third kappa shape index (κ3) is 3.41. The first kappa shape index (κ1) is 12.8. The van der Waals surface area contributed by atoms with Gasteiger partial charge in [0.05, 0.1) is 0 Å². The largest absolute Gasteiger partial charge is 0.455 e. The van der Waals surface area contributed by atoms with Crippen molar-refractivity contribution in [2.75, 3.05) is 0 Å². The van der Waals surface area contributed by atoms with Crippen LogP contribution in [0.4, 0.5) is 0 Å². The molecule has 0 N–H and O–H groups in total. The zero-order valence-electron chi connectivity index (χ0n) is 11.3. The number of aryl methyl sites for hydroxylation is 2. The molecule has 2 rings (SSSR count). The zero-order chi connectivity index (χ0) is 12.5. The van der Waals surface area contributed by atoms with Crippen LogP contribution in [0, 0.1) is 0 Å². The molecule has 0 amide bonds. The van der Waals surface area contributed by atoms with Crippen molar-refractivity contribution in [3.63, 3.8) is 0 Å². The van der Waals surface area contributed by atoms with E-state index >= 15 is 0 Å². The molecule has 92 valence electrons. The number of benzene rings is 1. The summed E-state index contributed by atoms with van der Waals surface area (Å²) in [5.41, 5.74) is 6.72. The summed E-state index contributed by atoms with van der Waals surface area (Å²) >= 11 is 0. The molecule has 0 aromatic heterocycles. The number of hydrogen-bond acceptors (Lipinski definition) is 1. The molecule has 0 unspecified atom stereocenters. The fourth-order valence-corrected chi connectivity index (χ4v) is 8.03. The van der Waals surface area contributed by atoms with Gasteiger partial charge in [-0.1, -0.05) is 30.0 Å². The molecule has 17 heavy (non-hydrogen) atoms. The predicted molar refractivity (Wildman–Crippen MR) is 80.3 cm³/mol. The Morgan fingerprint density at radius 1 is 1.18 bits per heavy atom. The van der Waals surface area contributed by atoms with Crippen LogP contribution in [0.3, 0.4) is 0 Å². The summed E-state index contributed by atoms with van der Waals surface area (Å²) < 4.78 is 6.12. The minimum absolute atomic E-state index is 0.917. The first-order valence-corrected chi connectivity index (χ1v) is 12.2. The molecule has 1 aromatic carbocycles. The topological polar surface area (TPSA) is 9.23 Å². The Morgan fingerprint density at radius 3 is 2.41 bits per heavy atom. The van der Waals surface area contributed by atoms with Gasteiger partial charge in [0.25, 0.3) is 0 Å². The van der Waals surface area contributed by atoms with Gasteiger partial charge in [0, 0.05) is 0 Å². The molecule has 0 saturated carbocycles. The Hall–Kier alpha value is -0.646. The highest BCUT2D eigenvalue weighted by molar-refractivity contribution is 6.82. The average Bonchev–Trinajstić information content (AvgIpc) is 2.16. The van der Waals surface area contributed by atoms with Crippen LogP contribution >= 0.6 is 0 Å². The molecule has 1 aromatic rings. The number of fused-ring (bicyclic) bond motifs is 1. The van der Waals surface area contributed by atoms with Crippen LogP contribution in [0.1, 0.15) is 16.7 Å². The van der Waals surface area contributed by atoms with Crippen molar-refractivity contribution in [1.29, 1.82) is 0 Å². The first-order valence-electron chi connectivity index (χ1n) is 6.45. The summed E-state index contributed by atoms with van der Waals surface area (Å²) in [4.78, 5) is 0. The summed E-state index contributed by atoms with van der Waals surface area (Å²) in [7, 11) is -2.50. The summed E-state index contributed by atoms with van der Waals surface area (Å²) in [5.74, 6) is 0. The van der Waals surface area contributed by atoms with Crippen LogP contribution in [0.2, 0.25) is 26.2 Å². The Balaban J connectivity index is 2.06. The quantitative estimate of drug-likeness (QED) is 0.754. The van der Waals surface area contributed by atoms with Gasteiger partial charge >= 0.3 is 0 Å². The van der Waals surface area contributed by atoms with Crippen molar-refractivity contribution in [1.82, 2.24) is 0 Å². The van der Waals surface area contributed by atoms with E-state index in [0.29, 0.717) is 0 Å². The lowest BCUT2D eigenvalue weighted by Crippen LogP contribution is -2.33. The van der Waals surface area contributed by atoms with Crippen molar-refractivity contribution >= 4 is 23.4 Å². The summed E-state index contributed by atoms with van der Waals surface area (Å²) in [5, 5.41) is 0. The van der Waals surface area contributed by atoms with Gasteiger partial charge in [0.15, 0.2) is 17.4 Å². The Bertz CT molecular complexity index is 436. The van der Waals surface area contributed by atoms with Gasteiger partial charge in [-0.2, -0.15) is 0 Å². The summed E-state index contributed by atoms with van der Waals surface area (Å²) in [6.07, 6.45) is 4.77. The van der Waals surface area contributed by atoms with E-state index in [0.717, 1.165) is 0 Å². The van der Waals surface area contributed by atoms with E-state index in [4.69, 9.17) is 4.12 Å². The Kier molecular flexibility index (Phi) is 3.71. The van der Waals surface area contributed by atoms with Gasteiger partial charge in [-0.15, -0.1) is 0 Å².